The average molecular weight is 598 g/mol. The standard InChI is InChI=1S/C32H40ClN3O4S/c1-24(2)22-34-32(38)30(21-26-10-6-5-7-11-26)35(23-27-12-8-13-28(33)20-27)31(37)14-9-19-36(41(4,39)40)29-17-15-25(3)16-18-29/h5-8,10-13,15-18,20,24,30H,9,14,19,21-23H2,1-4H3,(H,34,38)/t30-/m0/s1. The van der Waals surface area contributed by atoms with E-state index < -0.39 is 16.1 Å². The van der Waals surface area contributed by atoms with Gasteiger partial charge in [0.15, 0.2) is 0 Å². The highest BCUT2D eigenvalue weighted by atomic mass is 35.5. The molecule has 0 fully saturated rings. The van der Waals surface area contributed by atoms with Crippen LogP contribution in [0.4, 0.5) is 5.69 Å². The Labute approximate surface area is 249 Å². The molecule has 0 bridgehead atoms. The normalized spacial score (nSPS) is 12.1. The number of sulfonamides is 1. The molecule has 1 N–H and O–H groups in total. The molecule has 0 aliphatic rings. The van der Waals surface area contributed by atoms with Crippen molar-refractivity contribution in [1.29, 1.82) is 0 Å². The van der Waals surface area contributed by atoms with Gasteiger partial charge >= 0.3 is 0 Å². The highest BCUT2D eigenvalue weighted by Crippen LogP contribution is 2.21. The molecule has 41 heavy (non-hydrogen) atoms. The van der Waals surface area contributed by atoms with Gasteiger partial charge in [0, 0.05) is 37.5 Å². The van der Waals surface area contributed by atoms with Crippen LogP contribution in [-0.2, 0) is 32.6 Å². The second-order valence-electron chi connectivity index (χ2n) is 10.8. The van der Waals surface area contributed by atoms with E-state index in [-0.39, 0.29) is 43.7 Å². The van der Waals surface area contributed by atoms with Crippen molar-refractivity contribution in [2.24, 2.45) is 5.92 Å². The van der Waals surface area contributed by atoms with Gasteiger partial charge in [0.05, 0.1) is 11.9 Å². The first-order valence-electron chi connectivity index (χ1n) is 13.8. The lowest BCUT2D eigenvalue weighted by molar-refractivity contribution is -0.141. The van der Waals surface area contributed by atoms with Crippen LogP contribution in [0.1, 0.15) is 43.4 Å². The molecular formula is C32H40ClN3O4S. The molecule has 0 aliphatic carbocycles. The molecule has 220 valence electrons. The molecule has 2 amide bonds. The highest BCUT2D eigenvalue weighted by Gasteiger charge is 2.30. The smallest absolute Gasteiger partial charge is 0.243 e. The lowest BCUT2D eigenvalue weighted by Crippen LogP contribution is -2.51. The number of halogens is 1. The summed E-state index contributed by atoms with van der Waals surface area (Å²) in [6, 6.07) is 23.3. The number of nitrogens with zero attached hydrogens (tertiary/aromatic N) is 2. The highest BCUT2D eigenvalue weighted by molar-refractivity contribution is 7.92. The number of nitrogens with one attached hydrogen (secondary N) is 1. The third-order valence-corrected chi connectivity index (χ3v) is 8.10. The largest absolute Gasteiger partial charge is 0.354 e. The number of hydrogen-bond acceptors (Lipinski definition) is 4. The molecule has 7 nitrogen and oxygen atoms in total. The first kappa shape index (κ1) is 32.2. The summed E-state index contributed by atoms with van der Waals surface area (Å²) < 4.78 is 26.5. The summed E-state index contributed by atoms with van der Waals surface area (Å²) in [6.45, 7) is 6.79. The van der Waals surface area contributed by atoms with Crippen LogP contribution in [-0.4, -0.2) is 50.5 Å². The van der Waals surface area contributed by atoms with Gasteiger partial charge in [-0.3, -0.25) is 13.9 Å². The van der Waals surface area contributed by atoms with Gasteiger partial charge in [-0.15, -0.1) is 0 Å². The van der Waals surface area contributed by atoms with Crippen LogP contribution >= 0.6 is 11.6 Å². The van der Waals surface area contributed by atoms with Gasteiger partial charge in [0.25, 0.3) is 0 Å². The molecule has 3 rings (SSSR count). The zero-order valence-corrected chi connectivity index (χ0v) is 25.8. The van der Waals surface area contributed by atoms with E-state index >= 15 is 0 Å². The first-order chi connectivity index (χ1) is 19.4. The summed E-state index contributed by atoms with van der Waals surface area (Å²) in [5, 5.41) is 3.55. The maximum absolute atomic E-state index is 13.9. The number of anilines is 1. The minimum Gasteiger partial charge on any atom is -0.354 e. The quantitative estimate of drug-likeness (QED) is 0.262. The van der Waals surface area contributed by atoms with E-state index in [2.05, 4.69) is 5.32 Å². The fourth-order valence-corrected chi connectivity index (χ4v) is 5.70. The Kier molecular flexibility index (Phi) is 11.8. The van der Waals surface area contributed by atoms with Crippen LogP contribution in [0.25, 0.3) is 0 Å². The summed E-state index contributed by atoms with van der Waals surface area (Å²) in [6.07, 6.45) is 1.86. The summed E-state index contributed by atoms with van der Waals surface area (Å²) in [5.41, 5.74) is 3.31. The molecule has 0 aromatic heterocycles. The first-order valence-corrected chi connectivity index (χ1v) is 16.1. The molecule has 9 heteroatoms. The number of carbonyl (C=O) groups excluding carboxylic acids is 2. The van der Waals surface area contributed by atoms with Crippen molar-refractivity contribution >= 4 is 39.1 Å². The lowest BCUT2D eigenvalue weighted by Gasteiger charge is -2.32. The molecule has 0 saturated carbocycles. The Hall–Kier alpha value is -3.36. The van der Waals surface area contributed by atoms with Crippen LogP contribution in [0.2, 0.25) is 5.02 Å². The van der Waals surface area contributed by atoms with Gasteiger partial charge in [-0.2, -0.15) is 0 Å². The predicted octanol–water partition coefficient (Wildman–Crippen LogP) is 5.61. The number of hydrogen-bond donors (Lipinski definition) is 1. The summed E-state index contributed by atoms with van der Waals surface area (Å²) in [5.74, 6) is -0.213. The van der Waals surface area contributed by atoms with Crippen molar-refractivity contribution in [2.45, 2.75) is 52.6 Å². The van der Waals surface area contributed by atoms with Crippen LogP contribution < -0.4 is 9.62 Å². The molecule has 0 aliphatic heterocycles. The van der Waals surface area contributed by atoms with E-state index in [0.717, 1.165) is 22.9 Å². The number of carbonyl (C=O) groups is 2. The van der Waals surface area contributed by atoms with Crippen molar-refractivity contribution in [3.05, 3.63) is 101 Å². The van der Waals surface area contributed by atoms with Crippen molar-refractivity contribution in [3.63, 3.8) is 0 Å². The monoisotopic (exact) mass is 597 g/mol. The van der Waals surface area contributed by atoms with E-state index in [9.17, 15) is 18.0 Å². The molecule has 1 atom stereocenters. The fraction of sp³-hybridized carbons (Fsp3) is 0.375. The zero-order chi connectivity index (χ0) is 30.0. The van der Waals surface area contributed by atoms with E-state index in [1.807, 2.05) is 75.4 Å². The molecule has 0 spiro atoms. The summed E-state index contributed by atoms with van der Waals surface area (Å²) >= 11 is 6.25. The second kappa shape index (κ2) is 15.0. The Morgan fingerprint density at radius 3 is 2.20 bits per heavy atom. The average Bonchev–Trinajstić information content (AvgIpc) is 2.92. The fourth-order valence-electron chi connectivity index (χ4n) is 4.52. The Bertz CT molecular complexity index is 1400. The van der Waals surface area contributed by atoms with Crippen LogP contribution in [0, 0.1) is 12.8 Å². The third kappa shape index (κ3) is 10.2. The Morgan fingerprint density at radius 2 is 1.59 bits per heavy atom. The molecule has 0 heterocycles. The van der Waals surface area contributed by atoms with Crippen LogP contribution in [0.15, 0.2) is 78.9 Å². The number of rotatable bonds is 14. The Balaban J connectivity index is 1.87. The van der Waals surface area contributed by atoms with Crippen LogP contribution in [0.5, 0.6) is 0 Å². The Morgan fingerprint density at radius 1 is 0.927 bits per heavy atom. The molecule has 0 unspecified atom stereocenters. The minimum absolute atomic E-state index is 0.0706. The topological polar surface area (TPSA) is 86.8 Å². The molecule has 0 saturated heterocycles. The second-order valence-corrected chi connectivity index (χ2v) is 13.1. The van der Waals surface area contributed by atoms with Crippen molar-refractivity contribution in [1.82, 2.24) is 10.2 Å². The number of amides is 2. The molecular weight excluding hydrogens is 558 g/mol. The number of aryl methyl sites for hydroxylation is 1. The molecule has 0 radical (unpaired) electrons. The third-order valence-electron chi connectivity index (χ3n) is 6.67. The van der Waals surface area contributed by atoms with Crippen molar-refractivity contribution in [2.75, 3.05) is 23.7 Å². The molecule has 3 aromatic carbocycles. The van der Waals surface area contributed by atoms with E-state index in [0.29, 0.717) is 23.7 Å². The maximum atomic E-state index is 13.9. The van der Waals surface area contributed by atoms with Gasteiger partial charge in [-0.1, -0.05) is 85.6 Å². The summed E-state index contributed by atoms with van der Waals surface area (Å²) in [7, 11) is -3.56. The van der Waals surface area contributed by atoms with Gasteiger partial charge in [0.1, 0.15) is 6.04 Å². The SMILES string of the molecule is Cc1ccc(N(CCCC(=O)N(Cc2cccc(Cl)c2)[C@@H](Cc2ccccc2)C(=O)NCC(C)C)S(C)(=O)=O)cc1. The van der Waals surface area contributed by atoms with Gasteiger partial charge in [-0.05, 0) is 54.7 Å². The van der Waals surface area contributed by atoms with Gasteiger partial charge in [-0.25, -0.2) is 8.42 Å². The zero-order valence-electron chi connectivity index (χ0n) is 24.2. The maximum Gasteiger partial charge on any atom is 0.243 e. The lowest BCUT2D eigenvalue weighted by atomic mass is 10.0. The van der Waals surface area contributed by atoms with E-state index in [1.165, 1.54) is 4.31 Å². The van der Waals surface area contributed by atoms with E-state index in [1.54, 1.807) is 29.2 Å². The van der Waals surface area contributed by atoms with Gasteiger partial charge in [0.2, 0.25) is 21.8 Å². The predicted molar refractivity (Wildman–Crippen MR) is 166 cm³/mol. The molecule has 3 aromatic rings. The minimum atomic E-state index is -3.56. The van der Waals surface area contributed by atoms with Crippen molar-refractivity contribution in [3.8, 4) is 0 Å². The van der Waals surface area contributed by atoms with Gasteiger partial charge < -0.3 is 10.2 Å². The number of benzene rings is 3. The summed E-state index contributed by atoms with van der Waals surface area (Å²) in [4.78, 5) is 29.0. The van der Waals surface area contributed by atoms with Crippen LogP contribution in [0.3, 0.4) is 0 Å². The van der Waals surface area contributed by atoms with E-state index in [4.69, 9.17) is 11.6 Å². The van der Waals surface area contributed by atoms with Crippen molar-refractivity contribution < 1.29 is 18.0 Å².